The lowest BCUT2D eigenvalue weighted by molar-refractivity contribution is 1.09. The van der Waals surface area contributed by atoms with Crippen LogP contribution in [0, 0.1) is 0 Å². The van der Waals surface area contributed by atoms with Crippen LogP contribution in [0.15, 0.2) is 35.6 Å². The molecule has 1 aliphatic rings. The van der Waals surface area contributed by atoms with E-state index in [1.807, 2.05) is 31.4 Å². The summed E-state index contributed by atoms with van der Waals surface area (Å²) in [6.07, 6.45) is 7.51. The molecule has 0 unspecified atom stereocenters. The van der Waals surface area contributed by atoms with Gasteiger partial charge in [0.05, 0.1) is 0 Å². The molecule has 0 aromatic rings. The van der Waals surface area contributed by atoms with E-state index in [1.165, 1.54) is 0 Å². The van der Waals surface area contributed by atoms with Gasteiger partial charge in [0.1, 0.15) is 7.85 Å². The summed E-state index contributed by atoms with van der Waals surface area (Å²) in [7, 11) is 5.49. The fourth-order valence-corrected chi connectivity index (χ4v) is 0.670. The molecular weight excluding hydrogens is 109 g/mol. The third-order valence-electron chi connectivity index (χ3n) is 1.16. The average Bonchev–Trinajstić information content (AvgIpc) is 1.88. The minimum atomic E-state index is 0.793. The highest BCUT2D eigenvalue weighted by molar-refractivity contribution is 6.23. The Kier molecular flexibility index (Phi) is 1.78. The topological polar surface area (TPSA) is 12.0 Å². The number of hydrogen-bond donors (Lipinski definition) is 1. The SMILES string of the molecule is [B]C1=C/C(=C/C)NC=C1. The first-order chi connectivity index (χ1) is 4.33. The average molecular weight is 117 g/mol. The Labute approximate surface area is 56.6 Å². The smallest absolute Gasteiger partial charge is 0.113 e. The summed E-state index contributed by atoms with van der Waals surface area (Å²) in [6.45, 7) is 1.96. The molecule has 2 heteroatoms. The van der Waals surface area contributed by atoms with E-state index in [2.05, 4.69) is 5.32 Å². The van der Waals surface area contributed by atoms with Gasteiger partial charge in [-0.2, -0.15) is 0 Å². The molecule has 0 aromatic carbocycles. The van der Waals surface area contributed by atoms with Crippen LogP contribution in [0.25, 0.3) is 0 Å². The zero-order valence-corrected chi connectivity index (χ0v) is 5.39. The Hall–Kier alpha value is -0.915. The molecule has 1 nitrogen and oxygen atoms in total. The molecule has 1 N–H and O–H groups in total. The van der Waals surface area contributed by atoms with Crippen LogP contribution in [0.2, 0.25) is 0 Å². The summed E-state index contributed by atoms with van der Waals surface area (Å²) in [5.41, 5.74) is 1.84. The number of dihydropyridines is 1. The Morgan fingerprint density at radius 1 is 1.67 bits per heavy atom. The lowest BCUT2D eigenvalue weighted by Gasteiger charge is -2.06. The molecule has 0 saturated heterocycles. The molecule has 1 heterocycles. The van der Waals surface area contributed by atoms with Crippen LogP contribution in [-0.2, 0) is 0 Å². The summed E-state index contributed by atoms with van der Waals surface area (Å²) in [6, 6.07) is 0. The molecular formula is C7H8BN. The van der Waals surface area contributed by atoms with Crippen LogP contribution in [0.3, 0.4) is 0 Å². The molecule has 0 fully saturated rings. The van der Waals surface area contributed by atoms with E-state index < -0.39 is 0 Å². The lowest BCUT2D eigenvalue weighted by atomic mass is 9.93. The normalized spacial score (nSPS) is 21.4. The van der Waals surface area contributed by atoms with E-state index in [0.29, 0.717) is 0 Å². The summed E-state index contributed by atoms with van der Waals surface area (Å²) in [5.74, 6) is 0. The van der Waals surface area contributed by atoms with Crippen LogP contribution < -0.4 is 5.32 Å². The van der Waals surface area contributed by atoms with E-state index in [0.717, 1.165) is 11.2 Å². The molecule has 0 spiro atoms. The Bertz CT molecular complexity index is 189. The van der Waals surface area contributed by atoms with Gasteiger partial charge >= 0.3 is 0 Å². The van der Waals surface area contributed by atoms with Crippen molar-refractivity contribution < 1.29 is 0 Å². The minimum absolute atomic E-state index is 0.793. The van der Waals surface area contributed by atoms with Gasteiger partial charge < -0.3 is 5.32 Å². The largest absolute Gasteiger partial charge is 0.362 e. The predicted octanol–water partition coefficient (Wildman–Crippen LogP) is 1.06. The maximum atomic E-state index is 5.49. The van der Waals surface area contributed by atoms with E-state index in [4.69, 9.17) is 7.85 Å². The minimum Gasteiger partial charge on any atom is -0.362 e. The van der Waals surface area contributed by atoms with Crippen molar-refractivity contribution in [2.75, 3.05) is 0 Å². The van der Waals surface area contributed by atoms with E-state index >= 15 is 0 Å². The lowest BCUT2D eigenvalue weighted by Crippen LogP contribution is -2.06. The fourth-order valence-electron chi connectivity index (χ4n) is 0.670. The fraction of sp³-hybridized carbons (Fsp3) is 0.143. The summed E-state index contributed by atoms with van der Waals surface area (Å²) >= 11 is 0. The maximum absolute atomic E-state index is 5.49. The number of rotatable bonds is 0. The van der Waals surface area contributed by atoms with Crippen LogP contribution in [0.1, 0.15) is 6.92 Å². The van der Waals surface area contributed by atoms with Crippen molar-refractivity contribution in [2.45, 2.75) is 6.92 Å². The molecule has 0 saturated carbocycles. The second-order valence-corrected chi connectivity index (χ2v) is 1.87. The van der Waals surface area contributed by atoms with Crippen molar-refractivity contribution in [1.82, 2.24) is 5.32 Å². The third-order valence-corrected chi connectivity index (χ3v) is 1.16. The quantitative estimate of drug-likeness (QED) is 0.467. The summed E-state index contributed by atoms with van der Waals surface area (Å²) in [4.78, 5) is 0. The van der Waals surface area contributed by atoms with Crippen molar-refractivity contribution in [3.05, 3.63) is 35.6 Å². The van der Waals surface area contributed by atoms with Gasteiger partial charge in [-0.25, -0.2) is 0 Å². The molecule has 44 valence electrons. The molecule has 0 aromatic heterocycles. The monoisotopic (exact) mass is 117 g/mol. The van der Waals surface area contributed by atoms with Gasteiger partial charge in [0.15, 0.2) is 0 Å². The highest BCUT2D eigenvalue weighted by Crippen LogP contribution is 2.02. The summed E-state index contributed by atoms with van der Waals surface area (Å²) in [5, 5.41) is 3.02. The summed E-state index contributed by atoms with van der Waals surface area (Å²) < 4.78 is 0. The van der Waals surface area contributed by atoms with Crippen molar-refractivity contribution in [3.8, 4) is 0 Å². The van der Waals surface area contributed by atoms with Crippen molar-refractivity contribution in [1.29, 1.82) is 0 Å². The van der Waals surface area contributed by atoms with Crippen molar-refractivity contribution in [3.63, 3.8) is 0 Å². The standard InChI is InChI=1S/C7H8BN/c1-2-7-5-6(8)3-4-9-7/h2-5,9H,1H3/b7-2-. The van der Waals surface area contributed by atoms with Crippen LogP contribution in [-0.4, -0.2) is 7.85 Å². The van der Waals surface area contributed by atoms with E-state index in [1.54, 1.807) is 0 Å². The number of allylic oxidation sites excluding steroid dienone is 4. The van der Waals surface area contributed by atoms with Crippen molar-refractivity contribution in [2.24, 2.45) is 0 Å². The van der Waals surface area contributed by atoms with Gasteiger partial charge in [0.25, 0.3) is 0 Å². The third kappa shape index (κ3) is 1.49. The Morgan fingerprint density at radius 2 is 2.44 bits per heavy atom. The van der Waals surface area contributed by atoms with E-state index in [9.17, 15) is 0 Å². The first-order valence-electron chi connectivity index (χ1n) is 2.89. The molecule has 0 amide bonds. The maximum Gasteiger partial charge on any atom is 0.113 e. The van der Waals surface area contributed by atoms with Crippen LogP contribution in [0.4, 0.5) is 0 Å². The van der Waals surface area contributed by atoms with Crippen molar-refractivity contribution >= 4 is 7.85 Å². The van der Waals surface area contributed by atoms with Gasteiger partial charge in [-0.3, -0.25) is 0 Å². The zero-order valence-electron chi connectivity index (χ0n) is 5.39. The molecule has 1 rings (SSSR count). The highest BCUT2D eigenvalue weighted by atomic mass is 14.8. The first kappa shape index (κ1) is 6.21. The molecule has 9 heavy (non-hydrogen) atoms. The Balaban J connectivity index is 2.78. The van der Waals surface area contributed by atoms with Crippen LogP contribution >= 0.6 is 0 Å². The van der Waals surface area contributed by atoms with Gasteiger partial charge in [-0.05, 0) is 13.0 Å². The first-order valence-corrected chi connectivity index (χ1v) is 2.89. The number of nitrogens with one attached hydrogen (secondary N) is 1. The van der Waals surface area contributed by atoms with Gasteiger partial charge in [0.2, 0.25) is 0 Å². The predicted molar refractivity (Wildman–Crippen MR) is 39.9 cm³/mol. The second-order valence-electron chi connectivity index (χ2n) is 1.87. The Morgan fingerprint density at radius 3 is 2.89 bits per heavy atom. The van der Waals surface area contributed by atoms with Gasteiger partial charge in [-0.1, -0.05) is 17.6 Å². The molecule has 1 aliphatic heterocycles. The second kappa shape index (κ2) is 2.58. The molecule has 2 radical (unpaired) electrons. The van der Waals surface area contributed by atoms with Gasteiger partial charge in [0, 0.05) is 11.9 Å². The molecule has 0 bridgehead atoms. The zero-order chi connectivity index (χ0) is 6.69. The highest BCUT2D eigenvalue weighted by Gasteiger charge is 1.91. The van der Waals surface area contributed by atoms with Gasteiger partial charge in [-0.15, -0.1) is 0 Å². The van der Waals surface area contributed by atoms with Crippen LogP contribution in [0.5, 0.6) is 0 Å². The molecule has 0 aliphatic carbocycles. The van der Waals surface area contributed by atoms with E-state index in [-0.39, 0.29) is 0 Å². The number of hydrogen-bond acceptors (Lipinski definition) is 1. The molecule has 0 atom stereocenters.